The predicted molar refractivity (Wildman–Crippen MR) is 94.0 cm³/mol. The van der Waals surface area contributed by atoms with E-state index in [1.54, 1.807) is 38.1 Å². The first-order valence-electron chi connectivity index (χ1n) is 8.68. The van der Waals surface area contributed by atoms with Crippen LogP contribution in [0, 0.1) is 5.92 Å². The first-order valence-corrected chi connectivity index (χ1v) is 8.68. The maximum absolute atomic E-state index is 12.7. The molecule has 1 aromatic carbocycles. The minimum Gasteiger partial charge on any atom is -0.491 e. The molecular formula is C18H24N2O7. The molecule has 148 valence electrons. The number of ether oxygens (including phenoxy) is 1. The van der Waals surface area contributed by atoms with Crippen molar-refractivity contribution in [1.29, 1.82) is 0 Å². The van der Waals surface area contributed by atoms with E-state index in [2.05, 4.69) is 5.32 Å². The minimum atomic E-state index is -1.23. The molecule has 0 aromatic heterocycles. The minimum absolute atomic E-state index is 0.0854. The third-order valence-electron chi connectivity index (χ3n) is 4.55. The second kappa shape index (κ2) is 8.83. The fourth-order valence-corrected chi connectivity index (χ4v) is 2.82. The molecule has 0 radical (unpaired) electrons. The highest BCUT2D eigenvalue weighted by Gasteiger charge is 2.46. The van der Waals surface area contributed by atoms with Crippen LogP contribution in [0.2, 0.25) is 0 Å². The molecule has 1 saturated heterocycles. The highest BCUT2D eigenvalue weighted by molar-refractivity contribution is 6.07. The summed E-state index contributed by atoms with van der Waals surface area (Å²) >= 11 is 0. The maximum atomic E-state index is 12.7. The first-order chi connectivity index (χ1) is 12.8. The number of hydrogen-bond donors (Lipinski definition) is 4. The van der Waals surface area contributed by atoms with E-state index in [0.29, 0.717) is 17.7 Å². The van der Waals surface area contributed by atoms with Gasteiger partial charge in [0.2, 0.25) is 0 Å². The number of nitrogens with one attached hydrogen (secondary N) is 1. The number of aliphatic hydroxyl groups is 2. The molecule has 4 N–H and O–H groups in total. The summed E-state index contributed by atoms with van der Waals surface area (Å²) in [6, 6.07) is 3.34. The summed E-state index contributed by atoms with van der Waals surface area (Å²) in [5.74, 6) is -1.80. The Morgan fingerprint density at radius 3 is 2.44 bits per heavy atom. The van der Waals surface area contributed by atoms with Crippen molar-refractivity contribution in [3.8, 4) is 5.75 Å². The van der Waals surface area contributed by atoms with Crippen LogP contribution in [0.25, 0.3) is 0 Å². The summed E-state index contributed by atoms with van der Waals surface area (Å²) in [6.45, 7) is 2.97. The molecule has 1 fully saturated rings. The number of imide groups is 1. The SMILES string of the molecule is CC[C@H](C)[C@@H](C(=O)O)N1C(=O)N[C@H](c2ccc(OC[C@@H](O)CO)cc2)C1=O. The molecular weight excluding hydrogens is 356 g/mol. The molecule has 0 aliphatic carbocycles. The van der Waals surface area contributed by atoms with Gasteiger partial charge in [-0.05, 0) is 23.6 Å². The van der Waals surface area contributed by atoms with Gasteiger partial charge in [-0.15, -0.1) is 0 Å². The lowest BCUT2D eigenvalue weighted by molar-refractivity contribution is -0.148. The van der Waals surface area contributed by atoms with Gasteiger partial charge in [0.25, 0.3) is 5.91 Å². The lowest BCUT2D eigenvalue weighted by Gasteiger charge is -2.26. The Labute approximate surface area is 156 Å². The normalized spacial score (nSPS) is 20.1. The number of benzene rings is 1. The highest BCUT2D eigenvalue weighted by Crippen LogP contribution is 2.28. The summed E-state index contributed by atoms with van der Waals surface area (Å²) in [6.07, 6.45) is -0.493. The van der Waals surface area contributed by atoms with Crippen molar-refractivity contribution in [1.82, 2.24) is 10.2 Å². The number of carboxylic acid groups (broad SMARTS) is 1. The topological polar surface area (TPSA) is 136 Å². The van der Waals surface area contributed by atoms with Crippen LogP contribution in [-0.2, 0) is 9.59 Å². The number of aliphatic carboxylic acids is 1. The molecule has 1 aliphatic heterocycles. The van der Waals surface area contributed by atoms with Crippen LogP contribution in [0.4, 0.5) is 4.79 Å². The van der Waals surface area contributed by atoms with Gasteiger partial charge in [0.15, 0.2) is 0 Å². The lowest BCUT2D eigenvalue weighted by atomic mass is 9.97. The van der Waals surface area contributed by atoms with E-state index in [4.69, 9.17) is 9.84 Å². The smallest absolute Gasteiger partial charge is 0.327 e. The van der Waals surface area contributed by atoms with E-state index >= 15 is 0 Å². The lowest BCUT2D eigenvalue weighted by Crippen LogP contribution is -2.48. The average Bonchev–Trinajstić information content (AvgIpc) is 2.94. The van der Waals surface area contributed by atoms with Gasteiger partial charge in [-0.2, -0.15) is 0 Å². The van der Waals surface area contributed by atoms with E-state index in [9.17, 15) is 24.6 Å². The second-order valence-electron chi connectivity index (χ2n) is 6.48. The number of hydrogen-bond acceptors (Lipinski definition) is 6. The van der Waals surface area contributed by atoms with Gasteiger partial charge < -0.3 is 25.4 Å². The van der Waals surface area contributed by atoms with Crippen molar-refractivity contribution in [3.63, 3.8) is 0 Å². The third kappa shape index (κ3) is 4.55. The van der Waals surface area contributed by atoms with Crippen LogP contribution in [0.3, 0.4) is 0 Å². The Balaban J connectivity index is 2.15. The zero-order valence-corrected chi connectivity index (χ0v) is 15.2. The Hall–Kier alpha value is -2.65. The molecule has 9 nitrogen and oxygen atoms in total. The number of aliphatic hydroxyl groups excluding tert-OH is 2. The monoisotopic (exact) mass is 380 g/mol. The Kier molecular flexibility index (Phi) is 6.75. The van der Waals surface area contributed by atoms with E-state index in [1.807, 2.05) is 0 Å². The van der Waals surface area contributed by atoms with Gasteiger partial charge in [-0.25, -0.2) is 14.5 Å². The number of amides is 3. The fourth-order valence-electron chi connectivity index (χ4n) is 2.82. The zero-order valence-electron chi connectivity index (χ0n) is 15.2. The van der Waals surface area contributed by atoms with Crippen molar-refractivity contribution in [2.24, 2.45) is 5.92 Å². The summed E-state index contributed by atoms with van der Waals surface area (Å²) < 4.78 is 5.29. The molecule has 3 amide bonds. The third-order valence-corrected chi connectivity index (χ3v) is 4.55. The van der Waals surface area contributed by atoms with E-state index in [-0.39, 0.29) is 12.5 Å². The van der Waals surface area contributed by atoms with Crippen LogP contribution >= 0.6 is 0 Å². The van der Waals surface area contributed by atoms with Crippen molar-refractivity contribution in [2.45, 2.75) is 38.5 Å². The first kappa shape index (κ1) is 20.7. The molecule has 0 unspecified atom stereocenters. The van der Waals surface area contributed by atoms with Gasteiger partial charge >= 0.3 is 12.0 Å². The Morgan fingerprint density at radius 2 is 1.93 bits per heavy atom. The van der Waals surface area contributed by atoms with Gasteiger partial charge in [0.05, 0.1) is 6.61 Å². The number of urea groups is 1. The molecule has 9 heteroatoms. The van der Waals surface area contributed by atoms with Crippen LogP contribution < -0.4 is 10.1 Å². The number of nitrogens with zero attached hydrogens (tertiary/aromatic N) is 1. The van der Waals surface area contributed by atoms with Crippen LogP contribution in [0.15, 0.2) is 24.3 Å². The molecule has 1 heterocycles. The molecule has 2 rings (SSSR count). The fraction of sp³-hybridized carbons (Fsp3) is 0.500. The van der Waals surface area contributed by atoms with Crippen LogP contribution in [0.5, 0.6) is 5.75 Å². The summed E-state index contributed by atoms with van der Waals surface area (Å²) in [5, 5.41) is 30.0. The molecule has 1 aromatic rings. The van der Waals surface area contributed by atoms with Crippen molar-refractivity contribution < 1.29 is 34.4 Å². The Bertz CT molecular complexity index is 691. The van der Waals surface area contributed by atoms with Gasteiger partial charge in [-0.3, -0.25) is 4.79 Å². The van der Waals surface area contributed by atoms with Crippen LogP contribution in [0.1, 0.15) is 31.9 Å². The largest absolute Gasteiger partial charge is 0.491 e. The number of carboxylic acids is 1. The molecule has 4 atom stereocenters. The van der Waals surface area contributed by atoms with E-state index in [0.717, 1.165) is 4.90 Å². The Morgan fingerprint density at radius 1 is 1.30 bits per heavy atom. The predicted octanol–water partition coefficient (Wildman–Crippen LogP) is 0.511. The zero-order chi connectivity index (χ0) is 20.1. The molecule has 27 heavy (non-hydrogen) atoms. The number of carbonyl (C=O) groups excluding carboxylic acids is 2. The molecule has 0 bridgehead atoms. The van der Waals surface area contributed by atoms with Crippen molar-refractivity contribution in [2.75, 3.05) is 13.2 Å². The number of rotatable bonds is 9. The second-order valence-corrected chi connectivity index (χ2v) is 6.48. The van der Waals surface area contributed by atoms with E-state index in [1.165, 1.54) is 0 Å². The summed E-state index contributed by atoms with van der Waals surface area (Å²) in [4.78, 5) is 37.3. The average molecular weight is 380 g/mol. The summed E-state index contributed by atoms with van der Waals surface area (Å²) in [7, 11) is 0. The summed E-state index contributed by atoms with van der Waals surface area (Å²) in [5.41, 5.74) is 0.485. The van der Waals surface area contributed by atoms with Gasteiger partial charge in [0.1, 0.15) is 30.5 Å². The number of carbonyl (C=O) groups is 3. The van der Waals surface area contributed by atoms with Gasteiger partial charge in [0, 0.05) is 0 Å². The molecule has 0 saturated carbocycles. The van der Waals surface area contributed by atoms with Gasteiger partial charge in [-0.1, -0.05) is 32.4 Å². The molecule has 0 spiro atoms. The van der Waals surface area contributed by atoms with Crippen molar-refractivity contribution in [3.05, 3.63) is 29.8 Å². The van der Waals surface area contributed by atoms with Crippen molar-refractivity contribution >= 4 is 17.9 Å². The van der Waals surface area contributed by atoms with Crippen LogP contribution in [-0.4, -0.2) is 63.5 Å². The quantitative estimate of drug-likeness (QED) is 0.458. The standard InChI is InChI=1S/C18H24N2O7/c1-3-10(2)15(17(24)25)20-16(23)14(19-18(20)26)11-4-6-13(7-5-11)27-9-12(22)8-21/h4-7,10,12,14-15,21-22H,3,8-9H2,1-2H3,(H,19,26)(H,24,25)/t10-,12-,14+,15-/m0/s1. The molecule has 1 aliphatic rings. The maximum Gasteiger partial charge on any atom is 0.327 e. The highest BCUT2D eigenvalue weighted by atomic mass is 16.5. The van der Waals surface area contributed by atoms with E-state index < -0.39 is 42.7 Å².